The normalized spacial score (nSPS) is 22.1. The Hall–Kier alpha value is -1.07. The lowest BCUT2D eigenvalue weighted by Crippen LogP contribution is -2.41. The second-order valence-electron chi connectivity index (χ2n) is 4.67. The minimum Gasteiger partial charge on any atom is -0.373 e. The van der Waals surface area contributed by atoms with E-state index >= 15 is 0 Å². The number of sulfonamides is 1. The molecule has 94 valence electrons. The van der Waals surface area contributed by atoms with Gasteiger partial charge in [0.15, 0.2) is 0 Å². The molecule has 2 rings (SSSR count). The summed E-state index contributed by atoms with van der Waals surface area (Å²) in [5.74, 6) is 0. The number of para-hydroxylation sites is 1. The van der Waals surface area contributed by atoms with Gasteiger partial charge in [-0.25, -0.2) is 8.42 Å². The molecule has 0 bridgehead atoms. The highest BCUT2D eigenvalue weighted by Gasteiger charge is 2.28. The smallest absolute Gasteiger partial charge is 0.211 e. The Morgan fingerprint density at radius 2 is 1.94 bits per heavy atom. The second-order valence-corrected chi connectivity index (χ2v) is 6.60. The third-order valence-corrected chi connectivity index (χ3v) is 4.53. The van der Waals surface area contributed by atoms with Crippen LogP contribution in [0.25, 0.3) is 0 Å². The van der Waals surface area contributed by atoms with E-state index in [2.05, 4.69) is 4.90 Å². The number of nitrogens with zero attached hydrogens (tertiary/aromatic N) is 2. The quantitative estimate of drug-likeness (QED) is 0.758. The highest BCUT2D eigenvalue weighted by atomic mass is 32.2. The molecule has 1 atom stereocenters. The number of anilines is 1. The average molecular weight is 254 g/mol. The fourth-order valence-electron chi connectivity index (χ4n) is 2.37. The topological polar surface area (TPSA) is 40.6 Å². The van der Waals surface area contributed by atoms with Crippen LogP contribution in [0.3, 0.4) is 0 Å². The first-order valence-electron chi connectivity index (χ1n) is 5.65. The van der Waals surface area contributed by atoms with Crippen molar-refractivity contribution < 1.29 is 8.42 Å². The van der Waals surface area contributed by atoms with Gasteiger partial charge in [-0.15, -0.1) is 0 Å². The highest BCUT2D eigenvalue weighted by molar-refractivity contribution is 7.88. The number of benzene rings is 1. The molecule has 1 aromatic carbocycles. The fourth-order valence-corrected chi connectivity index (χ4v) is 3.46. The van der Waals surface area contributed by atoms with Crippen molar-refractivity contribution in [3.8, 4) is 0 Å². The van der Waals surface area contributed by atoms with Gasteiger partial charge in [0.2, 0.25) is 10.0 Å². The van der Waals surface area contributed by atoms with Gasteiger partial charge in [-0.05, 0) is 18.6 Å². The molecule has 0 aromatic heterocycles. The van der Waals surface area contributed by atoms with Crippen molar-refractivity contribution in [2.45, 2.75) is 19.5 Å². The molecule has 0 radical (unpaired) electrons. The predicted octanol–water partition coefficient (Wildman–Crippen LogP) is 1.29. The van der Waals surface area contributed by atoms with Crippen LogP contribution in [0.15, 0.2) is 24.3 Å². The van der Waals surface area contributed by atoms with Gasteiger partial charge in [-0.2, -0.15) is 4.31 Å². The molecule has 1 heterocycles. The van der Waals surface area contributed by atoms with Gasteiger partial charge in [-0.3, -0.25) is 0 Å². The first kappa shape index (κ1) is 12.4. The van der Waals surface area contributed by atoms with Gasteiger partial charge in [0, 0.05) is 31.9 Å². The van der Waals surface area contributed by atoms with Crippen molar-refractivity contribution in [2.75, 3.05) is 24.7 Å². The number of likely N-dealkylation sites (N-methyl/N-ethyl adjacent to an activating group) is 1. The molecule has 1 aliphatic rings. The molecule has 0 amide bonds. The highest BCUT2D eigenvalue weighted by Crippen LogP contribution is 2.27. The third-order valence-electron chi connectivity index (χ3n) is 3.18. The molecule has 1 aliphatic heterocycles. The van der Waals surface area contributed by atoms with Crippen LogP contribution in [0.2, 0.25) is 0 Å². The summed E-state index contributed by atoms with van der Waals surface area (Å²) in [5, 5.41) is 0. The third kappa shape index (κ3) is 2.45. The molecule has 1 aromatic rings. The average Bonchev–Trinajstić information content (AvgIpc) is 2.36. The van der Waals surface area contributed by atoms with Crippen molar-refractivity contribution >= 4 is 15.7 Å². The zero-order valence-corrected chi connectivity index (χ0v) is 11.2. The Bertz CT molecular complexity index is 513. The summed E-state index contributed by atoms with van der Waals surface area (Å²) < 4.78 is 25.1. The Labute approximate surface area is 103 Å². The van der Waals surface area contributed by atoms with Crippen molar-refractivity contribution in [2.24, 2.45) is 0 Å². The zero-order valence-electron chi connectivity index (χ0n) is 10.4. The monoisotopic (exact) mass is 254 g/mol. The van der Waals surface area contributed by atoms with E-state index in [1.165, 1.54) is 6.26 Å². The van der Waals surface area contributed by atoms with Crippen molar-refractivity contribution in [1.29, 1.82) is 0 Å². The lowest BCUT2D eigenvalue weighted by Gasteiger charge is -2.26. The summed E-state index contributed by atoms with van der Waals surface area (Å²) in [4.78, 5) is 2.12. The zero-order chi connectivity index (χ0) is 12.6. The van der Waals surface area contributed by atoms with Crippen molar-refractivity contribution in [3.05, 3.63) is 29.8 Å². The summed E-state index contributed by atoms with van der Waals surface area (Å²) in [5.41, 5.74) is 2.18. The van der Waals surface area contributed by atoms with Gasteiger partial charge >= 0.3 is 0 Å². The summed E-state index contributed by atoms with van der Waals surface area (Å²) in [6, 6.07) is 7.94. The van der Waals surface area contributed by atoms with Crippen LogP contribution < -0.4 is 4.90 Å². The molecular weight excluding hydrogens is 236 g/mol. The molecule has 4 nitrogen and oxygen atoms in total. The SMILES string of the molecule is CC1CN(C)c2ccccc2CN1S(C)(=O)=O. The standard InChI is InChI=1S/C12H18N2O2S/c1-10-8-13(2)12-7-5-4-6-11(12)9-14(10)17(3,15)16/h4-7,10H,8-9H2,1-3H3. The van der Waals surface area contributed by atoms with Gasteiger partial charge < -0.3 is 4.90 Å². The summed E-state index contributed by atoms with van der Waals surface area (Å²) in [6.07, 6.45) is 1.28. The first-order chi connectivity index (χ1) is 7.89. The van der Waals surface area contributed by atoms with Crippen LogP contribution in [0.5, 0.6) is 0 Å². The maximum absolute atomic E-state index is 11.8. The first-order valence-corrected chi connectivity index (χ1v) is 7.50. The number of rotatable bonds is 1. The van der Waals surface area contributed by atoms with E-state index < -0.39 is 10.0 Å². The van der Waals surface area contributed by atoms with Crippen LogP contribution in [0.1, 0.15) is 12.5 Å². The number of fused-ring (bicyclic) bond motifs is 1. The molecular formula is C12H18N2O2S. The summed E-state index contributed by atoms with van der Waals surface area (Å²) in [6.45, 7) is 3.12. The van der Waals surface area contributed by atoms with Gasteiger partial charge in [-0.1, -0.05) is 18.2 Å². The van der Waals surface area contributed by atoms with Crippen molar-refractivity contribution in [1.82, 2.24) is 4.31 Å². The van der Waals surface area contributed by atoms with Crippen LogP contribution in [0.4, 0.5) is 5.69 Å². The Morgan fingerprint density at radius 3 is 2.59 bits per heavy atom. The maximum Gasteiger partial charge on any atom is 0.211 e. The van der Waals surface area contributed by atoms with E-state index in [-0.39, 0.29) is 6.04 Å². The molecule has 1 unspecified atom stereocenters. The maximum atomic E-state index is 11.8. The van der Waals surface area contributed by atoms with Crippen LogP contribution in [-0.2, 0) is 16.6 Å². The van der Waals surface area contributed by atoms with E-state index in [1.807, 2.05) is 38.2 Å². The van der Waals surface area contributed by atoms with Gasteiger partial charge in [0.25, 0.3) is 0 Å². The number of hydrogen-bond donors (Lipinski definition) is 0. The Morgan fingerprint density at radius 1 is 1.29 bits per heavy atom. The van der Waals surface area contributed by atoms with E-state index in [0.29, 0.717) is 13.1 Å². The molecule has 0 aliphatic carbocycles. The van der Waals surface area contributed by atoms with Crippen LogP contribution in [-0.4, -0.2) is 38.6 Å². The molecule has 0 saturated heterocycles. The largest absolute Gasteiger partial charge is 0.373 e. The van der Waals surface area contributed by atoms with E-state index in [0.717, 1.165) is 11.3 Å². The lowest BCUT2D eigenvalue weighted by molar-refractivity contribution is 0.343. The van der Waals surface area contributed by atoms with Crippen molar-refractivity contribution in [3.63, 3.8) is 0 Å². The molecule has 0 fully saturated rings. The molecule has 5 heteroatoms. The Balaban J connectivity index is 2.45. The van der Waals surface area contributed by atoms with Crippen LogP contribution >= 0.6 is 0 Å². The van der Waals surface area contributed by atoms with Gasteiger partial charge in [0.05, 0.1) is 6.26 Å². The van der Waals surface area contributed by atoms with E-state index in [9.17, 15) is 8.42 Å². The summed E-state index contributed by atoms with van der Waals surface area (Å²) in [7, 11) is -1.16. The second kappa shape index (κ2) is 4.31. The molecule has 0 N–H and O–H groups in total. The van der Waals surface area contributed by atoms with E-state index in [4.69, 9.17) is 0 Å². The lowest BCUT2D eigenvalue weighted by atomic mass is 10.1. The number of hydrogen-bond acceptors (Lipinski definition) is 3. The van der Waals surface area contributed by atoms with Crippen LogP contribution in [0, 0.1) is 0 Å². The minimum absolute atomic E-state index is 0.0117. The Kier molecular flexibility index (Phi) is 3.14. The molecule has 17 heavy (non-hydrogen) atoms. The van der Waals surface area contributed by atoms with E-state index in [1.54, 1.807) is 4.31 Å². The predicted molar refractivity (Wildman–Crippen MR) is 69.6 cm³/mol. The summed E-state index contributed by atoms with van der Waals surface area (Å²) >= 11 is 0. The molecule has 0 spiro atoms. The fraction of sp³-hybridized carbons (Fsp3) is 0.500. The molecule has 0 saturated carbocycles. The minimum atomic E-state index is -3.16. The van der Waals surface area contributed by atoms with Gasteiger partial charge in [0.1, 0.15) is 0 Å².